The molecule has 2 aromatic rings. The number of thiazole rings is 1. The number of anilines is 1. The SMILES string of the molecule is Cc1ncsc1CNC(=O)Cc1cccc(N)c1. The molecule has 0 bridgehead atoms. The van der Waals surface area contributed by atoms with Crippen LogP contribution in [0.5, 0.6) is 0 Å². The van der Waals surface area contributed by atoms with E-state index in [0.29, 0.717) is 18.7 Å². The standard InChI is InChI=1S/C13H15N3OS/c1-9-12(18-8-16-9)7-15-13(17)6-10-3-2-4-11(14)5-10/h2-5,8H,6-7,14H2,1H3,(H,15,17). The summed E-state index contributed by atoms with van der Waals surface area (Å²) in [4.78, 5) is 17.0. The minimum atomic E-state index is -0.00611. The van der Waals surface area contributed by atoms with Crippen molar-refractivity contribution < 1.29 is 4.79 Å². The van der Waals surface area contributed by atoms with E-state index < -0.39 is 0 Å². The molecule has 18 heavy (non-hydrogen) atoms. The van der Waals surface area contributed by atoms with Gasteiger partial charge in [-0.15, -0.1) is 11.3 Å². The number of hydrogen-bond acceptors (Lipinski definition) is 4. The largest absolute Gasteiger partial charge is 0.399 e. The predicted octanol–water partition coefficient (Wildman–Crippen LogP) is 1.89. The van der Waals surface area contributed by atoms with E-state index in [0.717, 1.165) is 16.1 Å². The van der Waals surface area contributed by atoms with Crippen molar-refractivity contribution in [2.24, 2.45) is 0 Å². The summed E-state index contributed by atoms with van der Waals surface area (Å²) in [6.45, 7) is 2.48. The second-order valence-corrected chi connectivity index (χ2v) is 5.00. The van der Waals surface area contributed by atoms with Crippen molar-refractivity contribution in [2.45, 2.75) is 19.9 Å². The lowest BCUT2D eigenvalue weighted by atomic mass is 10.1. The molecule has 0 aliphatic carbocycles. The highest BCUT2D eigenvalue weighted by atomic mass is 32.1. The number of benzene rings is 1. The lowest BCUT2D eigenvalue weighted by Gasteiger charge is -2.05. The summed E-state index contributed by atoms with van der Waals surface area (Å²) in [5.74, 6) is -0.00611. The number of rotatable bonds is 4. The first-order chi connectivity index (χ1) is 8.65. The van der Waals surface area contributed by atoms with E-state index in [1.807, 2.05) is 31.2 Å². The Morgan fingerprint density at radius 2 is 2.33 bits per heavy atom. The molecule has 0 unspecified atom stereocenters. The Balaban J connectivity index is 1.88. The number of nitrogens with two attached hydrogens (primary N) is 1. The Labute approximate surface area is 110 Å². The molecular weight excluding hydrogens is 246 g/mol. The van der Waals surface area contributed by atoms with E-state index in [1.165, 1.54) is 0 Å². The second kappa shape index (κ2) is 5.64. The summed E-state index contributed by atoms with van der Waals surface area (Å²) in [6, 6.07) is 7.37. The van der Waals surface area contributed by atoms with Gasteiger partial charge in [0, 0.05) is 10.6 Å². The molecule has 2 rings (SSSR count). The van der Waals surface area contributed by atoms with Gasteiger partial charge in [0.15, 0.2) is 0 Å². The van der Waals surface area contributed by atoms with E-state index in [-0.39, 0.29) is 5.91 Å². The Morgan fingerprint density at radius 1 is 1.50 bits per heavy atom. The van der Waals surface area contributed by atoms with Gasteiger partial charge in [-0.3, -0.25) is 4.79 Å². The molecule has 0 aliphatic heterocycles. The van der Waals surface area contributed by atoms with Crippen molar-refractivity contribution in [1.82, 2.24) is 10.3 Å². The number of carbonyl (C=O) groups is 1. The minimum absolute atomic E-state index is 0.00611. The van der Waals surface area contributed by atoms with Crippen LogP contribution in [0.15, 0.2) is 29.8 Å². The molecule has 0 saturated carbocycles. The van der Waals surface area contributed by atoms with Crippen LogP contribution in [0.25, 0.3) is 0 Å². The maximum atomic E-state index is 11.8. The topological polar surface area (TPSA) is 68.0 Å². The van der Waals surface area contributed by atoms with Crippen LogP contribution < -0.4 is 11.1 Å². The van der Waals surface area contributed by atoms with Crippen LogP contribution in [0.1, 0.15) is 16.1 Å². The molecule has 1 aromatic carbocycles. The molecule has 0 fully saturated rings. The van der Waals surface area contributed by atoms with Gasteiger partial charge in [-0.1, -0.05) is 12.1 Å². The predicted molar refractivity (Wildman–Crippen MR) is 73.3 cm³/mol. The molecule has 5 heteroatoms. The third kappa shape index (κ3) is 3.30. The Kier molecular flexibility index (Phi) is 3.94. The van der Waals surface area contributed by atoms with Gasteiger partial charge in [0.1, 0.15) is 0 Å². The molecule has 0 radical (unpaired) electrons. The van der Waals surface area contributed by atoms with Crippen molar-refractivity contribution in [3.8, 4) is 0 Å². The first-order valence-corrected chi connectivity index (χ1v) is 6.53. The Bertz CT molecular complexity index is 551. The van der Waals surface area contributed by atoms with Crippen molar-refractivity contribution in [2.75, 3.05) is 5.73 Å². The lowest BCUT2D eigenvalue weighted by molar-refractivity contribution is -0.120. The van der Waals surface area contributed by atoms with E-state index in [1.54, 1.807) is 16.8 Å². The monoisotopic (exact) mass is 261 g/mol. The Hall–Kier alpha value is -1.88. The zero-order valence-corrected chi connectivity index (χ0v) is 11.0. The number of aromatic nitrogens is 1. The molecule has 1 heterocycles. The maximum Gasteiger partial charge on any atom is 0.224 e. The summed E-state index contributed by atoms with van der Waals surface area (Å²) in [5.41, 5.74) is 10.0. The second-order valence-electron chi connectivity index (χ2n) is 4.06. The average molecular weight is 261 g/mol. The number of nitrogens with one attached hydrogen (secondary N) is 1. The van der Waals surface area contributed by atoms with Crippen LogP contribution in [0.4, 0.5) is 5.69 Å². The van der Waals surface area contributed by atoms with Gasteiger partial charge in [-0.05, 0) is 24.6 Å². The van der Waals surface area contributed by atoms with Crippen molar-refractivity contribution in [3.05, 3.63) is 45.9 Å². The fraction of sp³-hybridized carbons (Fsp3) is 0.231. The number of nitrogen functional groups attached to an aromatic ring is 1. The molecule has 1 aromatic heterocycles. The maximum absolute atomic E-state index is 11.8. The molecule has 94 valence electrons. The van der Waals surface area contributed by atoms with Crippen LogP contribution in [0, 0.1) is 6.92 Å². The number of nitrogens with zero attached hydrogens (tertiary/aromatic N) is 1. The highest BCUT2D eigenvalue weighted by Gasteiger charge is 2.06. The first kappa shape index (κ1) is 12.6. The fourth-order valence-corrected chi connectivity index (χ4v) is 2.34. The van der Waals surface area contributed by atoms with E-state index >= 15 is 0 Å². The minimum Gasteiger partial charge on any atom is -0.399 e. The van der Waals surface area contributed by atoms with Gasteiger partial charge in [0.25, 0.3) is 0 Å². The average Bonchev–Trinajstić information content (AvgIpc) is 2.72. The van der Waals surface area contributed by atoms with Gasteiger partial charge in [0.2, 0.25) is 5.91 Å². The van der Waals surface area contributed by atoms with E-state index in [4.69, 9.17) is 5.73 Å². The highest BCUT2D eigenvalue weighted by molar-refractivity contribution is 7.09. The number of amides is 1. The lowest BCUT2D eigenvalue weighted by Crippen LogP contribution is -2.24. The molecule has 4 nitrogen and oxygen atoms in total. The van der Waals surface area contributed by atoms with Gasteiger partial charge >= 0.3 is 0 Å². The zero-order chi connectivity index (χ0) is 13.0. The summed E-state index contributed by atoms with van der Waals surface area (Å²) in [6.07, 6.45) is 0.350. The fourth-order valence-electron chi connectivity index (χ4n) is 1.63. The molecular formula is C13H15N3OS. The normalized spacial score (nSPS) is 10.3. The number of hydrogen-bond donors (Lipinski definition) is 2. The van der Waals surface area contributed by atoms with Crippen molar-refractivity contribution >= 4 is 22.9 Å². The van der Waals surface area contributed by atoms with E-state index in [2.05, 4.69) is 10.3 Å². The summed E-state index contributed by atoms with van der Waals surface area (Å²) in [5, 5.41) is 2.88. The molecule has 0 spiro atoms. The highest BCUT2D eigenvalue weighted by Crippen LogP contribution is 2.11. The first-order valence-electron chi connectivity index (χ1n) is 5.65. The zero-order valence-electron chi connectivity index (χ0n) is 10.1. The van der Waals surface area contributed by atoms with Crippen LogP contribution in [0.2, 0.25) is 0 Å². The van der Waals surface area contributed by atoms with Crippen LogP contribution in [0.3, 0.4) is 0 Å². The molecule has 0 atom stereocenters. The summed E-state index contributed by atoms with van der Waals surface area (Å²) in [7, 11) is 0. The van der Waals surface area contributed by atoms with Crippen LogP contribution >= 0.6 is 11.3 Å². The van der Waals surface area contributed by atoms with Gasteiger partial charge in [-0.25, -0.2) is 4.98 Å². The quantitative estimate of drug-likeness (QED) is 0.826. The molecule has 0 saturated heterocycles. The number of aryl methyl sites for hydroxylation is 1. The van der Waals surface area contributed by atoms with Gasteiger partial charge < -0.3 is 11.1 Å². The van der Waals surface area contributed by atoms with Crippen LogP contribution in [-0.4, -0.2) is 10.9 Å². The molecule has 3 N–H and O–H groups in total. The third-order valence-electron chi connectivity index (χ3n) is 2.61. The third-order valence-corrected chi connectivity index (χ3v) is 3.54. The van der Waals surface area contributed by atoms with Gasteiger partial charge in [-0.2, -0.15) is 0 Å². The van der Waals surface area contributed by atoms with E-state index in [9.17, 15) is 4.79 Å². The van der Waals surface area contributed by atoms with Crippen LogP contribution in [-0.2, 0) is 17.8 Å². The van der Waals surface area contributed by atoms with Crippen molar-refractivity contribution in [3.63, 3.8) is 0 Å². The number of carbonyl (C=O) groups excluding carboxylic acids is 1. The molecule has 0 aliphatic rings. The van der Waals surface area contributed by atoms with Crippen molar-refractivity contribution in [1.29, 1.82) is 0 Å². The smallest absolute Gasteiger partial charge is 0.224 e. The summed E-state index contributed by atoms with van der Waals surface area (Å²) < 4.78 is 0. The Morgan fingerprint density at radius 3 is 3.00 bits per heavy atom. The van der Waals surface area contributed by atoms with Gasteiger partial charge in [0.05, 0.1) is 24.2 Å². The summed E-state index contributed by atoms with van der Waals surface area (Å²) >= 11 is 1.55. The molecule has 1 amide bonds.